The maximum absolute atomic E-state index is 6.83. The second-order valence-corrected chi connectivity index (χ2v) is 15.8. The second-order valence-electron chi connectivity index (χ2n) is 9.17. The number of hydrogen-bond donors (Lipinski definition) is 0. The molecule has 0 unspecified atom stereocenters. The van der Waals surface area contributed by atoms with E-state index in [0.29, 0.717) is 0 Å². The minimum atomic E-state index is -1.92. The summed E-state index contributed by atoms with van der Waals surface area (Å²) in [6, 6.07) is 0. The molecule has 0 radical (unpaired) electrons. The van der Waals surface area contributed by atoms with Crippen LogP contribution in [0.25, 0.3) is 0 Å². The maximum atomic E-state index is 6.83. The van der Waals surface area contributed by atoms with Crippen LogP contribution in [0, 0.1) is 16.2 Å². The van der Waals surface area contributed by atoms with Gasteiger partial charge in [0.15, 0.2) is 0 Å². The Morgan fingerprint density at radius 1 is 0.800 bits per heavy atom. The van der Waals surface area contributed by atoms with Gasteiger partial charge < -0.3 is 0 Å². The molecular weight excluding hydrogens is 349 g/mol. The zero-order valence-corrected chi connectivity index (χ0v) is 19.2. The van der Waals surface area contributed by atoms with Crippen LogP contribution in [-0.2, 0) is 2.85 Å². The second kappa shape index (κ2) is 6.32. The first kappa shape index (κ1) is 20.5. The standard InChI is InChI=1S/C15H30NO.2CH3.In/c1-12(2,3)11(16-10)15(17,13(4,5)6)14(7,8)9;;;/h1-10H3;2*1H3;/q-1;;;+1. The molecule has 0 aliphatic heterocycles. The molecule has 0 N–H and O–H groups in total. The van der Waals surface area contributed by atoms with Crippen molar-refractivity contribution >= 4 is 27.6 Å². The van der Waals surface area contributed by atoms with E-state index in [1.165, 1.54) is 5.71 Å². The van der Waals surface area contributed by atoms with Crippen LogP contribution < -0.4 is 0 Å². The third kappa shape index (κ3) is 4.03. The molecule has 2 nitrogen and oxygen atoms in total. The van der Waals surface area contributed by atoms with E-state index in [4.69, 9.17) is 7.85 Å². The Labute approximate surface area is 135 Å². The Bertz CT molecular complexity index is 337. The van der Waals surface area contributed by atoms with E-state index in [-0.39, 0.29) is 21.8 Å². The van der Waals surface area contributed by atoms with Gasteiger partial charge in [-0.1, -0.05) is 0 Å². The Morgan fingerprint density at radius 3 is 1.30 bits per heavy atom. The molecule has 0 aromatic heterocycles. The molecule has 0 atom stereocenters. The molecule has 0 saturated heterocycles. The average Bonchev–Trinajstić information content (AvgIpc) is 2.10. The molecule has 0 bridgehead atoms. The minimum absolute atomic E-state index is 0.00850. The topological polar surface area (TPSA) is 21.6 Å². The van der Waals surface area contributed by atoms with Crippen LogP contribution in [0.15, 0.2) is 4.99 Å². The molecular formula is C17H36InNO. The predicted molar refractivity (Wildman–Crippen MR) is 93.0 cm³/mol. The zero-order valence-electron chi connectivity index (χ0n) is 15.9. The van der Waals surface area contributed by atoms with E-state index in [2.05, 4.69) is 71.7 Å². The van der Waals surface area contributed by atoms with Gasteiger partial charge in [-0.3, -0.25) is 0 Å². The monoisotopic (exact) mass is 385 g/mol. The number of hydrogen-bond acceptors (Lipinski definition) is 2. The fourth-order valence-corrected chi connectivity index (χ4v) is 7.97. The van der Waals surface area contributed by atoms with Crippen molar-refractivity contribution in [2.24, 2.45) is 21.2 Å². The first-order valence-electron chi connectivity index (χ1n) is 7.77. The SMILES string of the molecule is CN=C(C(C)(C)C)C([O][In]([CH3])[CH3])(C(C)(C)C)C(C)(C)C. The summed E-state index contributed by atoms with van der Waals surface area (Å²) in [5.41, 5.74) is 0.923. The van der Waals surface area contributed by atoms with Gasteiger partial charge >= 0.3 is 136 Å². The Hall–Kier alpha value is 0.500. The summed E-state index contributed by atoms with van der Waals surface area (Å²) in [6.07, 6.45) is 0. The van der Waals surface area contributed by atoms with E-state index >= 15 is 0 Å². The third-order valence-corrected chi connectivity index (χ3v) is 6.15. The molecule has 0 fully saturated rings. The van der Waals surface area contributed by atoms with Crippen molar-refractivity contribution in [3.8, 4) is 0 Å². The molecule has 0 spiro atoms. The van der Waals surface area contributed by atoms with Gasteiger partial charge in [0, 0.05) is 0 Å². The van der Waals surface area contributed by atoms with Crippen LogP contribution >= 0.6 is 0 Å². The number of aliphatic imine (C=N–C) groups is 1. The quantitative estimate of drug-likeness (QED) is 0.612. The summed E-state index contributed by atoms with van der Waals surface area (Å²) in [4.78, 5) is 4.74. The first-order chi connectivity index (χ1) is 8.61. The van der Waals surface area contributed by atoms with Crippen LogP contribution in [0.1, 0.15) is 62.3 Å². The van der Waals surface area contributed by atoms with Gasteiger partial charge in [0.05, 0.1) is 0 Å². The summed E-state index contributed by atoms with van der Waals surface area (Å²) in [6.45, 7) is 20.5. The third-order valence-electron chi connectivity index (χ3n) is 3.79. The normalized spacial score (nSPS) is 15.5. The van der Waals surface area contributed by atoms with Crippen LogP contribution in [-0.4, -0.2) is 40.2 Å². The van der Waals surface area contributed by atoms with Crippen molar-refractivity contribution in [1.82, 2.24) is 0 Å². The van der Waals surface area contributed by atoms with Gasteiger partial charge in [-0.25, -0.2) is 0 Å². The van der Waals surface area contributed by atoms with Crippen molar-refractivity contribution in [2.75, 3.05) is 7.05 Å². The molecule has 0 aromatic rings. The van der Waals surface area contributed by atoms with E-state index in [1.54, 1.807) is 0 Å². The van der Waals surface area contributed by atoms with E-state index in [0.717, 1.165) is 0 Å². The number of rotatable bonds is 3. The van der Waals surface area contributed by atoms with E-state index in [1.807, 2.05) is 7.05 Å². The Balaban J connectivity index is 6.45. The Morgan fingerprint density at radius 2 is 1.15 bits per heavy atom. The van der Waals surface area contributed by atoms with Crippen LogP contribution in [0.2, 0.25) is 9.36 Å². The van der Waals surface area contributed by atoms with Gasteiger partial charge in [-0.2, -0.15) is 0 Å². The van der Waals surface area contributed by atoms with E-state index in [9.17, 15) is 0 Å². The van der Waals surface area contributed by atoms with Gasteiger partial charge in [0.1, 0.15) is 0 Å². The molecule has 3 heteroatoms. The van der Waals surface area contributed by atoms with Crippen molar-refractivity contribution in [3.05, 3.63) is 0 Å². The fraction of sp³-hybridized carbons (Fsp3) is 0.941. The molecule has 0 saturated carbocycles. The summed E-state index contributed by atoms with van der Waals surface area (Å²) in [5.74, 6) is 0. The molecule has 118 valence electrons. The number of nitrogens with zero attached hydrogens (tertiary/aromatic N) is 1. The van der Waals surface area contributed by atoms with Crippen molar-refractivity contribution in [1.29, 1.82) is 0 Å². The summed E-state index contributed by atoms with van der Waals surface area (Å²) >= 11 is -1.92. The molecule has 20 heavy (non-hydrogen) atoms. The molecule has 0 aromatic carbocycles. The van der Waals surface area contributed by atoms with Gasteiger partial charge in [0.25, 0.3) is 0 Å². The van der Waals surface area contributed by atoms with E-state index < -0.39 is 21.9 Å². The molecule has 0 rings (SSSR count). The van der Waals surface area contributed by atoms with Crippen molar-refractivity contribution in [3.63, 3.8) is 0 Å². The molecule has 0 amide bonds. The van der Waals surface area contributed by atoms with Gasteiger partial charge in [0.2, 0.25) is 0 Å². The molecule has 0 aliphatic rings. The van der Waals surface area contributed by atoms with Gasteiger partial charge in [-0.15, -0.1) is 0 Å². The van der Waals surface area contributed by atoms with Crippen molar-refractivity contribution < 1.29 is 2.85 Å². The summed E-state index contributed by atoms with van der Waals surface area (Å²) in [7, 11) is 1.92. The Kier molecular flexibility index (Phi) is 6.48. The molecule has 0 heterocycles. The van der Waals surface area contributed by atoms with Gasteiger partial charge in [-0.05, 0) is 0 Å². The fourth-order valence-electron chi connectivity index (χ4n) is 3.62. The first-order valence-corrected chi connectivity index (χ1v) is 15.7. The summed E-state index contributed by atoms with van der Waals surface area (Å²) in [5, 5.41) is 0. The molecule has 0 aliphatic carbocycles. The summed E-state index contributed by atoms with van der Waals surface area (Å²) < 4.78 is 11.5. The predicted octanol–water partition coefficient (Wildman–Crippen LogP) is 5.20. The van der Waals surface area contributed by atoms with Crippen LogP contribution in [0.4, 0.5) is 0 Å². The van der Waals surface area contributed by atoms with Crippen LogP contribution in [0.5, 0.6) is 0 Å². The average molecular weight is 385 g/mol. The van der Waals surface area contributed by atoms with Crippen molar-refractivity contribution in [2.45, 2.75) is 77.3 Å². The zero-order chi connectivity index (χ0) is 16.6. The van der Waals surface area contributed by atoms with Crippen LogP contribution in [0.3, 0.4) is 0 Å².